The number of esters is 1. The van der Waals surface area contributed by atoms with Gasteiger partial charge in [0.05, 0.1) is 29.5 Å². The molecule has 0 aromatic heterocycles. The Morgan fingerprint density at radius 1 is 1.13 bits per heavy atom. The summed E-state index contributed by atoms with van der Waals surface area (Å²) < 4.78 is 5.12. The van der Waals surface area contributed by atoms with Crippen molar-refractivity contribution in [3.63, 3.8) is 0 Å². The zero-order chi connectivity index (χ0) is 21.7. The average Bonchev–Trinajstić information content (AvgIpc) is 2.74. The first-order valence-electron chi connectivity index (χ1n) is 10.1. The largest absolute Gasteiger partial charge is 0.478 e. The molecule has 0 unspecified atom stereocenters. The highest BCUT2D eigenvalue weighted by atomic mass is 16.5. The molecule has 7 heteroatoms. The fraction of sp³-hybridized carbons (Fsp3) is 0.348. The molecule has 1 heterocycles. The summed E-state index contributed by atoms with van der Waals surface area (Å²) >= 11 is 0. The summed E-state index contributed by atoms with van der Waals surface area (Å²) in [7, 11) is 0. The molecule has 1 aliphatic heterocycles. The molecule has 0 bridgehead atoms. The lowest BCUT2D eigenvalue weighted by molar-refractivity contribution is -0.148. The monoisotopic (exact) mass is 410 g/mol. The SMILES string of the molecule is CCOC(=O)C1CCN(c2ccc(C(=O)O)cc2NC(=O)c2ccccc2C)CC1. The van der Waals surface area contributed by atoms with Gasteiger partial charge in [0.2, 0.25) is 0 Å². The standard InChI is InChI=1S/C23H26N2O5/c1-3-30-23(29)16-10-12-25(13-11-16)20-9-8-17(22(27)28)14-19(20)24-21(26)18-7-5-4-6-15(18)2/h4-9,14,16H,3,10-13H2,1-2H3,(H,24,26)(H,27,28). The van der Waals surface area contributed by atoms with Crippen LogP contribution >= 0.6 is 0 Å². The average molecular weight is 410 g/mol. The number of carbonyl (C=O) groups excluding carboxylic acids is 2. The maximum Gasteiger partial charge on any atom is 0.335 e. The van der Waals surface area contributed by atoms with Crippen molar-refractivity contribution in [2.75, 3.05) is 29.9 Å². The van der Waals surface area contributed by atoms with Gasteiger partial charge in [0, 0.05) is 18.7 Å². The number of hydrogen-bond acceptors (Lipinski definition) is 5. The Bertz CT molecular complexity index is 948. The van der Waals surface area contributed by atoms with E-state index in [-0.39, 0.29) is 23.4 Å². The fourth-order valence-corrected chi connectivity index (χ4v) is 3.68. The van der Waals surface area contributed by atoms with Gasteiger partial charge in [0.1, 0.15) is 0 Å². The van der Waals surface area contributed by atoms with Crippen molar-refractivity contribution >= 4 is 29.2 Å². The van der Waals surface area contributed by atoms with Crippen LogP contribution in [-0.4, -0.2) is 42.6 Å². The van der Waals surface area contributed by atoms with Crippen molar-refractivity contribution in [1.29, 1.82) is 0 Å². The van der Waals surface area contributed by atoms with Crippen LogP contribution in [0.1, 0.15) is 46.0 Å². The van der Waals surface area contributed by atoms with Crippen LogP contribution in [0.4, 0.5) is 11.4 Å². The van der Waals surface area contributed by atoms with Crippen molar-refractivity contribution in [2.24, 2.45) is 5.92 Å². The number of aryl methyl sites for hydroxylation is 1. The van der Waals surface area contributed by atoms with Crippen LogP contribution < -0.4 is 10.2 Å². The highest BCUT2D eigenvalue weighted by molar-refractivity contribution is 6.07. The number of benzene rings is 2. The number of anilines is 2. The van der Waals surface area contributed by atoms with E-state index in [4.69, 9.17) is 4.74 Å². The second kappa shape index (κ2) is 9.43. The van der Waals surface area contributed by atoms with E-state index in [2.05, 4.69) is 10.2 Å². The normalized spacial score (nSPS) is 14.3. The molecule has 2 aromatic carbocycles. The molecule has 1 fully saturated rings. The smallest absolute Gasteiger partial charge is 0.335 e. The van der Waals surface area contributed by atoms with Crippen LogP contribution in [-0.2, 0) is 9.53 Å². The van der Waals surface area contributed by atoms with Gasteiger partial charge < -0.3 is 20.1 Å². The quantitative estimate of drug-likeness (QED) is 0.705. The van der Waals surface area contributed by atoms with E-state index in [1.54, 1.807) is 25.1 Å². The number of amides is 1. The number of aromatic carboxylic acids is 1. The number of nitrogens with one attached hydrogen (secondary N) is 1. The molecule has 0 saturated carbocycles. The Labute approximate surface area is 175 Å². The van der Waals surface area contributed by atoms with E-state index >= 15 is 0 Å². The molecule has 2 aromatic rings. The van der Waals surface area contributed by atoms with Crippen LogP contribution in [0.2, 0.25) is 0 Å². The highest BCUT2D eigenvalue weighted by Crippen LogP contribution is 2.32. The second-order valence-electron chi connectivity index (χ2n) is 7.32. The number of piperidine rings is 1. The lowest BCUT2D eigenvalue weighted by Gasteiger charge is -2.34. The Hall–Kier alpha value is -3.35. The number of ether oxygens (including phenoxy) is 1. The zero-order valence-electron chi connectivity index (χ0n) is 17.2. The summed E-state index contributed by atoms with van der Waals surface area (Å²) in [5.74, 6) is -1.66. The molecular formula is C23H26N2O5. The number of hydrogen-bond donors (Lipinski definition) is 2. The van der Waals surface area contributed by atoms with Crippen LogP contribution in [0.25, 0.3) is 0 Å². The van der Waals surface area contributed by atoms with Gasteiger partial charge in [-0.25, -0.2) is 4.79 Å². The molecule has 0 atom stereocenters. The summed E-state index contributed by atoms with van der Waals surface area (Å²) in [4.78, 5) is 38.3. The molecule has 30 heavy (non-hydrogen) atoms. The van der Waals surface area contributed by atoms with Crippen LogP contribution in [0.15, 0.2) is 42.5 Å². The lowest BCUT2D eigenvalue weighted by atomic mass is 9.96. The molecule has 0 radical (unpaired) electrons. The van der Waals surface area contributed by atoms with Crippen molar-refractivity contribution in [3.05, 3.63) is 59.2 Å². The third kappa shape index (κ3) is 4.79. The molecule has 1 aliphatic rings. The van der Waals surface area contributed by atoms with E-state index in [0.717, 1.165) is 11.3 Å². The second-order valence-corrected chi connectivity index (χ2v) is 7.32. The van der Waals surface area contributed by atoms with Crippen molar-refractivity contribution in [3.8, 4) is 0 Å². The van der Waals surface area contributed by atoms with Gasteiger partial charge >= 0.3 is 11.9 Å². The lowest BCUT2D eigenvalue weighted by Crippen LogP contribution is -2.37. The molecule has 3 rings (SSSR count). The first-order chi connectivity index (χ1) is 14.4. The Morgan fingerprint density at radius 2 is 1.83 bits per heavy atom. The minimum atomic E-state index is -1.06. The summed E-state index contributed by atoms with van der Waals surface area (Å²) in [6, 6.07) is 11.9. The van der Waals surface area contributed by atoms with Gasteiger partial charge in [-0.3, -0.25) is 9.59 Å². The van der Waals surface area contributed by atoms with Crippen molar-refractivity contribution < 1.29 is 24.2 Å². The van der Waals surface area contributed by atoms with Crippen molar-refractivity contribution in [1.82, 2.24) is 0 Å². The summed E-state index contributed by atoms with van der Waals surface area (Å²) in [5, 5.41) is 12.3. The molecule has 1 amide bonds. The fourth-order valence-electron chi connectivity index (χ4n) is 3.68. The maximum atomic E-state index is 12.8. The number of nitrogens with zero attached hydrogens (tertiary/aromatic N) is 1. The number of rotatable bonds is 6. The van der Waals surface area contributed by atoms with E-state index in [1.165, 1.54) is 12.1 Å². The van der Waals surface area contributed by atoms with Crippen LogP contribution in [0.3, 0.4) is 0 Å². The van der Waals surface area contributed by atoms with Gasteiger partial charge in [-0.1, -0.05) is 18.2 Å². The first-order valence-corrected chi connectivity index (χ1v) is 10.1. The first kappa shape index (κ1) is 21.4. The Kier molecular flexibility index (Phi) is 6.72. The third-order valence-corrected chi connectivity index (χ3v) is 5.34. The molecule has 1 saturated heterocycles. The highest BCUT2D eigenvalue weighted by Gasteiger charge is 2.27. The predicted octanol–water partition coefficient (Wildman–Crippen LogP) is 3.73. The number of carbonyl (C=O) groups is 3. The predicted molar refractivity (Wildman–Crippen MR) is 114 cm³/mol. The zero-order valence-corrected chi connectivity index (χ0v) is 17.2. The summed E-state index contributed by atoms with van der Waals surface area (Å²) in [6.07, 6.45) is 1.29. The van der Waals surface area contributed by atoms with E-state index in [9.17, 15) is 19.5 Å². The summed E-state index contributed by atoms with van der Waals surface area (Å²) in [6.45, 7) is 5.24. The van der Waals surface area contributed by atoms with Crippen molar-refractivity contribution in [2.45, 2.75) is 26.7 Å². The van der Waals surface area contributed by atoms with Gasteiger partial charge in [-0.05, 0) is 56.5 Å². The number of carboxylic acids is 1. The van der Waals surface area contributed by atoms with Gasteiger partial charge in [0.25, 0.3) is 5.91 Å². The van der Waals surface area contributed by atoms with Gasteiger partial charge in [-0.2, -0.15) is 0 Å². The van der Waals surface area contributed by atoms with E-state index < -0.39 is 5.97 Å². The van der Waals surface area contributed by atoms with Gasteiger partial charge in [-0.15, -0.1) is 0 Å². The maximum absolute atomic E-state index is 12.8. The molecule has 0 spiro atoms. The van der Waals surface area contributed by atoms with Crippen LogP contribution in [0.5, 0.6) is 0 Å². The molecule has 0 aliphatic carbocycles. The Morgan fingerprint density at radius 3 is 2.47 bits per heavy atom. The molecular weight excluding hydrogens is 384 g/mol. The Balaban J connectivity index is 1.83. The van der Waals surface area contributed by atoms with Gasteiger partial charge in [0.15, 0.2) is 0 Å². The summed E-state index contributed by atoms with van der Waals surface area (Å²) in [5.41, 5.74) is 2.65. The minimum Gasteiger partial charge on any atom is -0.478 e. The number of carboxylic acid groups (broad SMARTS) is 1. The molecule has 2 N–H and O–H groups in total. The van der Waals surface area contributed by atoms with E-state index in [0.29, 0.717) is 43.8 Å². The third-order valence-electron chi connectivity index (χ3n) is 5.34. The van der Waals surface area contributed by atoms with Crippen LogP contribution in [0, 0.1) is 12.8 Å². The molecule has 158 valence electrons. The van der Waals surface area contributed by atoms with E-state index in [1.807, 2.05) is 19.1 Å². The minimum absolute atomic E-state index is 0.0974. The molecule has 7 nitrogen and oxygen atoms in total. The topological polar surface area (TPSA) is 95.9 Å².